The Morgan fingerprint density at radius 1 is 0.388 bits per heavy atom. The van der Waals surface area contributed by atoms with Crippen LogP contribution in [0.4, 0.5) is 0 Å². The first-order valence-corrected chi connectivity index (χ1v) is 45.4. The van der Waals surface area contributed by atoms with Gasteiger partial charge in [0.2, 0.25) is 0 Å². The molecule has 121 heavy (non-hydrogen) atoms. The van der Waals surface area contributed by atoms with Gasteiger partial charge in [-0.05, 0) is 6.92 Å². The number of carboxylic acids is 4. The van der Waals surface area contributed by atoms with E-state index in [0.29, 0.717) is 128 Å². The number of hydrogen-bond donors (Lipinski definition) is 12. The van der Waals surface area contributed by atoms with Gasteiger partial charge in [0, 0.05) is 0 Å². The number of benzene rings is 2. The Balaban J connectivity index is 0.000000287. The van der Waals surface area contributed by atoms with Crippen LogP contribution in [-0.2, 0) is 44.9 Å². The minimum absolute atomic E-state index is 0.0256. The number of carbonyl (C=O) groups is 4. The summed E-state index contributed by atoms with van der Waals surface area (Å²) in [5, 5.41) is 118. The second kappa shape index (κ2) is 58.0. The summed E-state index contributed by atoms with van der Waals surface area (Å²) in [5.41, 5.74) is 4.75. The van der Waals surface area contributed by atoms with Gasteiger partial charge < -0.3 is 0 Å². The maximum atomic E-state index is 10.6. The van der Waals surface area contributed by atoms with Crippen LogP contribution in [0, 0.1) is 98.7 Å². The molecule has 18 nitrogen and oxygen atoms in total. The number of furan rings is 2. The molecule has 25 heteroatoms. The van der Waals surface area contributed by atoms with Crippen LogP contribution in [0.25, 0.3) is 0 Å². The van der Waals surface area contributed by atoms with E-state index in [1.807, 2.05) is 130 Å². The number of aliphatic hydroxyl groups is 8. The molecule has 0 bridgehead atoms. The molecule has 2 heterocycles. The van der Waals surface area contributed by atoms with Crippen molar-refractivity contribution in [2.24, 2.45) is 71.0 Å². The summed E-state index contributed by atoms with van der Waals surface area (Å²) in [4.78, 5) is 42.3. The quantitative estimate of drug-likeness (QED) is 0.0111. The molecule has 4 aliphatic rings. The summed E-state index contributed by atoms with van der Waals surface area (Å²) >= 11 is 10.5. The molecule has 2 aromatic heterocycles. The SMILES string of the molecule is [B]=C[C@@H]1CC(O)[C@H](C/C=C\CCCC(=O)O)[C@H]1/C=C/[C@@H](O)CCc1cc(Br)c(C)o1.[B]=C[C@@H]1CC(O)[C@H](C/C=C\CCCC(=O)O)[C@H]1/C=C/[C@@H](O)CCc1ccc(Br)c(C)c1.[B]=C[C@@H]1CC(O)[C@H](C/C=C\CCCC(=O)O)[C@H]1/C=C/[C@@H](O)CCc1ccc(C)c(Br)c1.[B]=C[C@@H]1CC(O)[C@H](C/C=C\CCCC(=O)O)[C@H]1/C=C/[C@@H](O)CCc1ccc(C)o1. The summed E-state index contributed by atoms with van der Waals surface area (Å²) in [6, 6.07) is 18.3. The van der Waals surface area contributed by atoms with Crippen molar-refractivity contribution < 1.29 is 89.3 Å². The van der Waals surface area contributed by atoms with Gasteiger partial charge in [0.25, 0.3) is 0 Å². The number of aryl methyl sites for hydroxylation is 8. The number of aliphatic hydroxyl groups excluding tert-OH is 8. The first-order valence-electron chi connectivity index (χ1n) is 43.0. The van der Waals surface area contributed by atoms with E-state index in [4.69, 9.17) is 59.2 Å². The van der Waals surface area contributed by atoms with Gasteiger partial charge in [-0.1, -0.05) is 15.9 Å². The average molecular weight is 1850 g/mol. The van der Waals surface area contributed by atoms with E-state index in [2.05, 4.69) is 85.0 Å². The van der Waals surface area contributed by atoms with Crippen LogP contribution in [0.1, 0.15) is 199 Å². The Bertz CT molecular complexity index is 3920. The molecule has 4 fully saturated rings. The average Bonchev–Trinajstić information content (AvgIpc) is 1.69. The van der Waals surface area contributed by atoms with E-state index >= 15 is 0 Å². The van der Waals surface area contributed by atoms with Gasteiger partial charge in [0.15, 0.2) is 0 Å². The molecule has 12 N–H and O–H groups in total. The summed E-state index contributed by atoms with van der Waals surface area (Å²) in [6.07, 6.45) is 43.8. The summed E-state index contributed by atoms with van der Waals surface area (Å²) in [6.45, 7) is 7.89. The van der Waals surface area contributed by atoms with E-state index in [1.54, 1.807) is 36.0 Å². The number of aliphatic carboxylic acids is 4. The van der Waals surface area contributed by atoms with Crippen LogP contribution < -0.4 is 0 Å². The Kier molecular flexibility index (Phi) is 50.5. The Hall–Kier alpha value is -6.34. The number of carboxylic acid groups (broad SMARTS) is 4. The number of allylic oxidation sites excluding steroid dienone is 12. The first-order chi connectivity index (χ1) is 57.8. The number of halogens is 3. The van der Waals surface area contributed by atoms with Crippen molar-refractivity contribution in [1.29, 1.82) is 0 Å². The van der Waals surface area contributed by atoms with Crippen LogP contribution in [0.2, 0.25) is 0 Å². The molecule has 4 radical (unpaired) electrons. The third-order valence-electron chi connectivity index (χ3n) is 23.5. The molecule has 0 spiro atoms. The number of hydrogen-bond acceptors (Lipinski definition) is 14. The molecule has 654 valence electrons. The maximum absolute atomic E-state index is 10.6. The Morgan fingerprint density at radius 3 is 1.00 bits per heavy atom. The second-order valence-corrected chi connectivity index (χ2v) is 35.4. The fourth-order valence-corrected chi connectivity index (χ4v) is 17.5. The fourth-order valence-electron chi connectivity index (χ4n) is 16.5. The van der Waals surface area contributed by atoms with Gasteiger partial charge >= 0.3 is 730 Å². The molecular formula is C96H129B4Br3O18. The van der Waals surface area contributed by atoms with E-state index < -0.39 is 72.7 Å². The van der Waals surface area contributed by atoms with Crippen LogP contribution in [0.5, 0.6) is 0 Å². The van der Waals surface area contributed by atoms with E-state index in [9.17, 15) is 60.0 Å². The molecule has 4 saturated carbocycles. The van der Waals surface area contributed by atoms with E-state index in [1.165, 1.54) is 22.3 Å². The molecule has 4 unspecified atom stereocenters. The minimum atomic E-state index is -0.783. The van der Waals surface area contributed by atoms with Crippen molar-refractivity contribution in [3.05, 3.63) is 211 Å². The van der Waals surface area contributed by atoms with Gasteiger partial charge in [-0.25, -0.2) is 0 Å². The molecule has 20 atom stereocenters. The van der Waals surface area contributed by atoms with Gasteiger partial charge in [0.1, 0.15) is 0 Å². The van der Waals surface area contributed by atoms with Crippen molar-refractivity contribution in [2.75, 3.05) is 0 Å². The monoisotopic (exact) mass is 1850 g/mol. The van der Waals surface area contributed by atoms with Crippen molar-refractivity contribution >= 4 is 125 Å². The van der Waals surface area contributed by atoms with Gasteiger partial charge in [-0.2, -0.15) is 0 Å². The van der Waals surface area contributed by atoms with Crippen molar-refractivity contribution in [3.63, 3.8) is 0 Å². The molecule has 0 aliphatic heterocycles. The molecule has 4 aliphatic carbocycles. The predicted molar refractivity (Wildman–Crippen MR) is 499 cm³/mol. The fraction of sp³-hybridized carbons (Fsp3) is 0.542. The summed E-state index contributed by atoms with van der Waals surface area (Å²) in [5.74, 6) is 7.61. The second-order valence-electron chi connectivity index (χ2n) is 32.8. The van der Waals surface area contributed by atoms with Crippen LogP contribution >= 0.6 is 47.8 Å². The predicted octanol–water partition coefficient (Wildman–Crippen LogP) is 16.0. The van der Waals surface area contributed by atoms with E-state index in [-0.39, 0.29) is 96.7 Å². The molecular weight excluding hydrogens is 1720 g/mol. The Labute approximate surface area is 747 Å². The number of unbranched alkanes of at least 4 members (excludes halogenated alkanes) is 4. The third kappa shape index (κ3) is 39.8. The summed E-state index contributed by atoms with van der Waals surface area (Å²) in [7, 11) is 23.3. The van der Waals surface area contributed by atoms with Crippen molar-refractivity contribution in [2.45, 2.75) is 256 Å². The van der Waals surface area contributed by atoms with E-state index in [0.717, 1.165) is 62.1 Å². The van der Waals surface area contributed by atoms with Gasteiger partial charge in [-0.3, -0.25) is 0 Å². The molecule has 0 saturated heterocycles. The molecule has 0 amide bonds. The third-order valence-corrected chi connectivity index (χ3v) is 26.1. The van der Waals surface area contributed by atoms with Gasteiger partial charge in [-0.15, -0.1) is 0 Å². The normalized spacial score (nSPS) is 25.1. The zero-order valence-electron chi connectivity index (χ0n) is 70.8. The van der Waals surface area contributed by atoms with Crippen molar-refractivity contribution in [1.82, 2.24) is 0 Å². The zero-order chi connectivity index (χ0) is 88.9. The van der Waals surface area contributed by atoms with Gasteiger partial charge in [0.05, 0.1) is 0 Å². The topological polar surface area (TPSA) is 337 Å². The van der Waals surface area contributed by atoms with Crippen molar-refractivity contribution in [3.8, 4) is 0 Å². The van der Waals surface area contributed by atoms with Crippen LogP contribution in [0.15, 0.2) is 174 Å². The zero-order valence-corrected chi connectivity index (χ0v) is 75.6. The number of rotatable bonds is 48. The first kappa shape index (κ1) is 105. The Morgan fingerprint density at radius 2 is 0.711 bits per heavy atom. The molecule has 4 aromatic rings. The molecule has 8 rings (SSSR count). The summed E-state index contributed by atoms with van der Waals surface area (Å²) < 4.78 is 14.2. The van der Waals surface area contributed by atoms with Crippen LogP contribution in [0.3, 0.4) is 0 Å². The molecule has 2 aromatic carbocycles. The van der Waals surface area contributed by atoms with Crippen LogP contribution in [-0.4, -0.2) is 188 Å². The standard InChI is InChI=1S/2C25H33BBrO4.C23H31BBrO5.C23H32BO5/c1-17-14-18(9-13-23(17)27)8-10-20(28)11-12-21-19(16-26)15-24(29)22(21)6-4-2-3-5-7-25(30)31;1-17-8-9-18(14-23(17)27)10-11-20(28)12-13-21-19(16-26)15-24(29)22(21)6-4-2-3-5-7-25(30)31;1-15-21(25)13-18(30-15)10-8-17(26)9-11-19-16(14-24)12-22(27)20(19)6-4-2-3-5-7-23(28)29;1-16-8-11-19(29-16)12-9-18(25)10-13-20-17(15-24)14-22(26)21(20)6-4-2-3-5-7-23(27)28/h2,4,9,11-14,16,19-22,24,28-29H,3,5-8,10,15H2,1H3,(H,30,31);2,4,8-9,12-14,16,19-22,24,28-29H,3,5-7,10-11,15H2,1H3,(H,30,31);2,4,9,11,13-14,16-17,19-20,22,26-27H,3,5-8,10,12H2,1H3,(H,28,29);2,4,8,10-11,13,15,17-18,20-22,25-26H,3,5-7,9,12,14H2,1H3,(H,27,28)/b4-2-,12-11+;4-2-,13-12+;4-2-,11-9+;4-2-,13-10+/t2*19-,20-,21-,22+,24?;16-,17-,19-,20+,22?;17-,18-,20-,21+,22?/m0000/s1.